The third-order valence-electron chi connectivity index (χ3n) is 11.0. The van der Waals surface area contributed by atoms with E-state index in [0.29, 0.717) is 0 Å². The summed E-state index contributed by atoms with van der Waals surface area (Å²) in [7, 11) is 0. The van der Waals surface area contributed by atoms with Crippen LogP contribution in [0.3, 0.4) is 0 Å². The monoisotopic (exact) mass is 926 g/mol. The highest BCUT2D eigenvalue weighted by Crippen LogP contribution is 2.12. The Labute approximate surface area is 371 Å². The first-order valence-corrected chi connectivity index (χ1v) is 21.4. The summed E-state index contributed by atoms with van der Waals surface area (Å²) in [5, 5.41) is 101. The van der Waals surface area contributed by atoms with E-state index in [9.17, 15) is 79.8 Å². The van der Waals surface area contributed by atoms with Gasteiger partial charge in [0.05, 0.1) is 76.9 Å². The van der Waals surface area contributed by atoms with E-state index >= 15 is 0 Å². The molecule has 0 spiro atoms. The highest BCUT2D eigenvalue weighted by Gasteiger charge is 2.30. The molecule has 4 atom stereocenters. The molecule has 4 unspecified atom stereocenters. The smallest absolute Gasteiger partial charge is 0.325 e. The van der Waals surface area contributed by atoms with Crippen LogP contribution in [0.4, 0.5) is 0 Å². The second kappa shape index (κ2) is 31.2. The molecule has 2 aliphatic rings. The summed E-state index contributed by atoms with van der Waals surface area (Å²) in [6.07, 6.45) is -2.44. The lowest BCUT2D eigenvalue weighted by Gasteiger charge is -2.37. The molecule has 0 aromatic rings. The zero-order valence-corrected chi connectivity index (χ0v) is 36.4. The molecule has 2 rings (SSSR count). The van der Waals surface area contributed by atoms with E-state index in [4.69, 9.17) is 9.68 Å². The van der Waals surface area contributed by atoms with Crippen LogP contribution in [0.5, 0.6) is 0 Å². The van der Waals surface area contributed by atoms with Gasteiger partial charge in [0.25, 0.3) is 0 Å². The van der Waals surface area contributed by atoms with Crippen molar-refractivity contribution in [3.63, 3.8) is 0 Å². The molecular formula is C38H70N8O18. The Kier molecular flexibility index (Phi) is 27.5. The number of aliphatic carboxylic acids is 4. The van der Waals surface area contributed by atoms with Gasteiger partial charge in [-0.05, 0) is 12.8 Å². The molecule has 0 saturated carbocycles. The second-order valence-corrected chi connectivity index (χ2v) is 15.7. The van der Waals surface area contributed by atoms with E-state index in [2.05, 4.69) is 0 Å². The molecule has 2 heterocycles. The molecule has 0 aromatic carbocycles. The minimum absolute atomic E-state index is 0.0485. The van der Waals surface area contributed by atoms with E-state index < -0.39 is 86.5 Å². The van der Waals surface area contributed by atoms with Gasteiger partial charge in [0.2, 0.25) is 0 Å². The van der Waals surface area contributed by atoms with Gasteiger partial charge in [-0.1, -0.05) is 0 Å². The average molecular weight is 927 g/mol. The first kappa shape index (κ1) is 56.4. The summed E-state index contributed by atoms with van der Waals surface area (Å²) in [6, 6.07) is -1.78. The zero-order valence-electron chi connectivity index (χ0n) is 36.4. The number of aliphatic hydroxyl groups is 6. The number of unbranched alkanes of at least 4 members (excludes halogenated alkanes) is 1. The summed E-state index contributed by atoms with van der Waals surface area (Å²) in [6.45, 7) is -1.88. The summed E-state index contributed by atoms with van der Waals surface area (Å²) < 4.78 is 0. The van der Waals surface area contributed by atoms with Crippen LogP contribution in [0.25, 0.3) is 0 Å². The van der Waals surface area contributed by atoms with Crippen molar-refractivity contribution in [1.29, 1.82) is 0 Å². The van der Waals surface area contributed by atoms with Gasteiger partial charge >= 0.3 is 35.8 Å². The van der Waals surface area contributed by atoms with Crippen LogP contribution in [0, 0.1) is 0 Å². The Balaban J connectivity index is 2.06. The van der Waals surface area contributed by atoms with Crippen LogP contribution >= 0.6 is 0 Å². The van der Waals surface area contributed by atoms with Crippen molar-refractivity contribution in [3.05, 3.63) is 0 Å². The number of aliphatic hydroxyl groups excluding tert-OH is 6. The number of rotatable bonds is 23. The Morgan fingerprint density at radius 3 is 0.859 bits per heavy atom. The Morgan fingerprint density at radius 2 is 0.641 bits per heavy atom. The van der Waals surface area contributed by atoms with Crippen molar-refractivity contribution in [1.82, 2.24) is 39.5 Å². The average Bonchev–Trinajstić information content (AvgIpc) is 3.23. The molecular weight excluding hydrogens is 856 g/mol. The summed E-state index contributed by atoms with van der Waals surface area (Å²) in [5.74, 6) is -5.78. The van der Waals surface area contributed by atoms with Crippen molar-refractivity contribution >= 4 is 35.8 Å². The number of carboxylic acids is 4. The van der Waals surface area contributed by atoms with Crippen molar-refractivity contribution in [2.75, 3.05) is 157 Å². The van der Waals surface area contributed by atoms with Crippen LogP contribution < -0.4 is 0 Å². The Morgan fingerprint density at radius 1 is 0.391 bits per heavy atom. The lowest BCUT2D eigenvalue weighted by atomic mass is 10.1. The number of nitrogens with zero attached hydrogens (tertiary/aromatic N) is 8. The predicted molar refractivity (Wildman–Crippen MR) is 221 cm³/mol. The van der Waals surface area contributed by atoms with Crippen molar-refractivity contribution in [2.24, 2.45) is 0 Å². The van der Waals surface area contributed by atoms with Crippen LogP contribution in [0.15, 0.2) is 0 Å². The SMILES string of the molecule is O=C(O)CN1CCN(OC(=O)CCCCC(=O)ON2CCN(CC(=O)O)CCN(C(CO)C(O)CO)CCN(CC(=O)O)CC2)CCN(CC(=O)O)CCN(C(CO)C(O)CO)CC1. The molecule has 26 heteroatoms. The zero-order chi connectivity index (χ0) is 47.6. The first-order valence-electron chi connectivity index (χ1n) is 21.4. The van der Waals surface area contributed by atoms with Gasteiger partial charge < -0.3 is 60.7 Å². The summed E-state index contributed by atoms with van der Waals surface area (Å²) in [4.78, 5) is 93.7. The predicted octanol–water partition coefficient (Wildman–Crippen LogP) is -6.33. The molecule has 0 bridgehead atoms. The normalized spacial score (nSPS) is 20.9. The topological polar surface area (TPSA) is 349 Å². The highest BCUT2D eigenvalue weighted by molar-refractivity contribution is 5.71. The molecule has 2 fully saturated rings. The molecule has 2 saturated heterocycles. The van der Waals surface area contributed by atoms with Crippen LogP contribution in [0.2, 0.25) is 0 Å². The molecule has 0 radical (unpaired) electrons. The maximum atomic E-state index is 13.0. The third-order valence-corrected chi connectivity index (χ3v) is 11.0. The number of carbonyl (C=O) groups excluding carboxylic acids is 2. The quantitative estimate of drug-likeness (QED) is 0.0426. The fourth-order valence-electron chi connectivity index (χ4n) is 7.35. The van der Waals surface area contributed by atoms with Gasteiger partial charge in [0.15, 0.2) is 0 Å². The molecule has 64 heavy (non-hydrogen) atoms. The molecule has 26 nitrogen and oxygen atoms in total. The minimum Gasteiger partial charge on any atom is -0.480 e. The highest BCUT2D eigenvalue weighted by atomic mass is 16.7. The summed E-state index contributed by atoms with van der Waals surface area (Å²) in [5.41, 5.74) is 0. The van der Waals surface area contributed by atoms with Crippen molar-refractivity contribution in [3.8, 4) is 0 Å². The van der Waals surface area contributed by atoms with E-state index in [-0.39, 0.29) is 157 Å². The van der Waals surface area contributed by atoms with Gasteiger partial charge in [-0.25, -0.2) is 0 Å². The van der Waals surface area contributed by atoms with Crippen molar-refractivity contribution < 1.29 is 89.5 Å². The van der Waals surface area contributed by atoms with E-state index in [1.807, 2.05) is 0 Å². The number of hydrogen-bond donors (Lipinski definition) is 10. The number of hydrogen-bond acceptors (Lipinski definition) is 22. The largest absolute Gasteiger partial charge is 0.480 e. The summed E-state index contributed by atoms with van der Waals surface area (Å²) >= 11 is 0. The lowest BCUT2D eigenvalue weighted by molar-refractivity contribution is -0.195. The fraction of sp³-hybridized carbons (Fsp3) is 0.842. The van der Waals surface area contributed by atoms with Crippen LogP contribution in [0.1, 0.15) is 25.7 Å². The van der Waals surface area contributed by atoms with Crippen molar-refractivity contribution in [2.45, 2.75) is 50.0 Å². The molecule has 0 amide bonds. The van der Waals surface area contributed by atoms with E-state index in [0.717, 1.165) is 0 Å². The standard InChI is InChI=1S/C38H70N8O18/c47-25-29(31(51)27-49)43-13-5-39(21-33(53)54)9-17-45(18-10-40(6-14-43)22-34(55)56)63-37(61)3-1-2-4-38(62)64-46-19-11-41(23-35(57)58)7-15-44(30(26-48)32(52)28-50)16-8-42(12-20-46)24-36(59)60/h29-32,47-52H,1-28H2,(H,53,54)(H,55,56)(H,57,58)(H,59,60). The Hall–Kier alpha value is -3.74. The van der Waals surface area contributed by atoms with Crippen LogP contribution in [-0.4, -0.2) is 308 Å². The maximum absolute atomic E-state index is 13.0. The molecule has 2 aliphatic heterocycles. The molecule has 370 valence electrons. The number of carboxylic acid groups (broad SMARTS) is 4. The van der Waals surface area contributed by atoms with Gasteiger partial charge in [-0.2, -0.15) is 0 Å². The van der Waals surface area contributed by atoms with Gasteiger partial charge in [-0.3, -0.25) is 58.2 Å². The van der Waals surface area contributed by atoms with Gasteiger partial charge in [0.1, 0.15) is 0 Å². The first-order chi connectivity index (χ1) is 30.5. The van der Waals surface area contributed by atoms with Gasteiger partial charge in [0, 0.05) is 118 Å². The number of carbonyl (C=O) groups is 6. The lowest BCUT2D eigenvalue weighted by Crippen LogP contribution is -2.54. The Bertz CT molecular complexity index is 1260. The third kappa shape index (κ3) is 22.9. The van der Waals surface area contributed by atoms with Crippen LogP contribution in [-0.2, 0) is 38.4 Å². The fourth-order valence-corrected chi connectivity index (χ4v) is 7.35. The minimum atomic E-state index is -1.30. The van der Waals surface area contributed by atoms with E-state index in [1.165, 1.54) is 10.1 Å². The van der Waals surface area contributed by atoms with E-state index in [1.54, 1.807) is 29.4 Å². The molecule has 0 aromatic heterocycles. The number of hydroxylamine groups is 4. The van der Waals surface area contributed by atoms with Gasteiger partial charge in [-0.15, -0.1) is 10.1 Å². The molecule has 0 aliphatic carbocycles. The maximum Gasteiger partial charge on any atom is 0.325 e. The molecule has 10 N–H and O–H groups in total. The second-order valence-electron chi connectivity index (χ2n) is 15.7.